The normalized spacial score (nSPS) is 15.8. The van der Waals surface area contributed by atoms with Gasteiger partial charge in [-0.2, -0.15) is 0 Å². The van der Waals surface area contributed by atoms with Crippen LogP contribution in [0.2, 0.25) is 0 Å². The summed E-state index contributed by atoms with van der Waals surface area (Å²) < 4.78 is 0. The maximum Gasteiger partial charge on any atom is 0.326 e. The summed E-state index contributed by atoms with van der Waals surface area (Å²) >= 11 is 0. The fourth-order valence-electron chi connectivity index (χ4n) is 5.00. The van der Waals surface area contributed by atoms with Gasteiger partial charge < -0.3 is 36.6 Å². The van der Waals surface area contributed by atoms with Crippen molar-refractivity contribution in [3.8, 4) is 0 Å². The molecular weight excluding hydrogens is 604 g/mol. The Kier molecular flexibility index (Phi) is 15.5. The predicted molar refractivity (Wildman–Crippen MR) is 177 cm³/mol. The predicted octanol–water partition coefficient (Wildman–Crippen LogP) is 2.10. The number of carboxylic acids is 1. The largest absolute Gasteiger partial charge is 0.480 e. The zero-order valence-electron chi connectivity index (χ0n) is 28.0. The first-order valence-electron chi connectivity index (χ1n) is 16.0. The van der Waals surface area contributed by atoms with E-state index in [1.165, 1.54) is 0 Å². The molecule has 2 unspecified atom stereocenters. The second kappa shape index (κ2) is 18.8. The minimum absolute atomic E-state index is 0.149. The Bertz CT molecular complexity index is 1320. The van der Waals surface area contributed by atoms with Gasteiger partial charge in [0.15, 0.2) is 6.10 Å². The molecule has 2 rings (SSSR count). The van der Waals surface area contributed by atoms with Crippen molar-refractivity contribution >= 4 is 29.6 Å². The summed E-state index contributed by atoms with van der Waals surface area (Å²) in [5.41, 5.74) is 1.13. The summed E-state index contributed by atoms with van der Waals surface area (Å²) in [5.74, 6) is -5.01. The topological polar surface area (TPSA) is 194 Å². The number of hydrogen-bond acceptors (Lipinski definition) is 7. The van der Waals surface area contributed by atoms with Crippen LogP contribution < -0.4 is 21.3 Å². The lowest BCUT2D eigenvalue weighted by Crippen LogP contribution is -2.57. The van der Waals surface area contributed by atoms with Crippen molar-refractivity contribution in [3.63, 3.8) is 0 Å². The van der Waals surface area contributed by atoms with Crippen molar-refractivity contribution in [2.24, 2.45) is 17.8 Å². The Labute approximate surface area is 276 Å². The molecule has 0 aliphatic rings. The number of carbonyl (C=O) groups is 5. The molecule has 0 aliphatic heterocycles. The number of aliphatic hydroxyl groups is 2. The van der Waals surface area contributed by atoms with Gasteiger partial charge >= 0.3 is 5.97 Å². The molecule has 0 heterocycles. The number of aliphatic hydroxyl groups excluding tert-OH is 2. The minimum Gasteiger partial charge on any atom is -0.480 e. The molecule has 0 aliphatic carbocycles. The van der Waals surface area contributed by atoms with Gasteiger partial charge in [-0.15, -0.1) is 0 Å². The molecule has 7 N–H and O–H groups in total. The van der Waals surface area contributed by atoms with Crippen LogP contribution in [-0.4, -0.2) is 75.2 Å². The first-order chi connectivity index (χ1) is 22.2. The highest BCUT2D eigenvalue weighted by atomic mass is 16.4. The van der Waals surface area contributed by atoms with Gasteiger partial charge in [0.2, 0.25) is 17.7 Å². The highest BCUT2D eigenvalue weighted by Crippen LogP contribution is 2.16. The molecule has 0 saturated carbocycles. The van der Waals surface area contributed by atoms with Gasteiger partial charge in [0, 0.05) is 0 Å². The highest BCUT2D eigenvalue weighted by Gasteiger charge is 2.34. The Morgan fingerprint density at radius 3 is 1.68 bits per heavy atom. The average molecular weight is 655 g/mol. The van der Waals surface area contributed by atoms with E-state index in [0.717, 1.165) is 5.56 Å². The van der Waals surface area contributed by atoms with Gasteiger partial charge in [-0.05, 0) is 35.3 Å². The smallest absolute Gasteiger partial charge is 0.326 e. The number of benzene rings is 2. The summed E-state index contributed by atoms with van der Waals surface area (Å²) in [6.45, 7) is 10.4. The maximum absolute atomic E-state index is 13.6. The molecular formula is C35H50N4O8. The second-order valence-corrected chi connectivity index (χ2v) is 12.6. The van der Waals surface area contributed by atoms with Crippen LogP contribution in [0.15, 0.2) is 60.7 Å². The minimum atomic E-state index is -1.50. The van der Waals surface area contributed by atoms with Crippen molar-refractivity contribution in [3.05, 3.63) is 71.8 Å². The van der Waals surface area contributed by atoms with E-state index in [0.29, 0.717) is 12.0 Å². The SMILES string of the molecule is CC[C@H](C)[C@H](NC(=O)CC(O)C(Cc1ccccc1)NC(=O)[C@@H](NC(=O)[C@@H](O)c1ccccc1)C(C)C)C(=O)N[C@H](C(=O)O)C(C)C. The van der Waals surface area contributed by atoms with Gasteiger partial charge in [-0.25, -0.2) is 4.79 Å². The number of hydrogen-bond donors (Lipinski definition) is 7. The molecule has 12 nitrogen and oxygen atoms in total. The van der Waals surface area contributed by atoms with Crippen LogP contribution in [0.4, 0.5) is 0 Å². The number of rotatable bonds is 18. The Hall–Kier alpha value is -4.29. The number of nitrogens with one attached hydrogen (secondary N) is 4. The molecule has 0 fully saturated rings. The van der Waals surface area contributed by atoms with Gasteiger partial charge in [-0.3, -0.25) is 19.2 Å². The lowest BCUT2D eigenvalue weighted by Gasteiger charge is -2.30. The number of aliphatic carboxylic acids is 1. The first kappa shape index (κ1) is 38.9. The molecule has 0 spiro atoms. The van der Waals surface area contributed by atoms with Crippen molar-refractivity contribution in [2.75, 3.05) is 0 Å². The van der Waals surface area contributed by atoms with Gasteiger partial charge in [0.1, 0.15) is 18.1 Å². The lowest BCUT2D eigenvalue weighted by atomic mass is 9.95. The van der Waals surface area contributed by atoms with Crippen LogP contribution in [0, 0.1) is 17.8 Å². The zero-order valence-corrected chi connectivity index (χ0v) is 28.0. The molecule has 47 heavy (non-hydrogen) atoms. The standard InChI is InChI=1S/C35H50N4O8/c1-7-22(6)30(33(44)39-29(21(4)5)35(46)47)37-27(41)19-26(40)25(18-23-14-10-8-11-15-23)36-32(43)28(20(2)3)38-34(45)31(42)24-16-12-9-13-17-24/h8-17,20-22,25-26,28-31,40,42H,7,18-19H2,1-6H3,(H,36,43)(H,37,41)(H,38,45)(H,39,44)(H,46,47)/t22-,25?,26?,28-,29-,30-,31-/m0/s1. The fourth-order valence-corrected chi connectivity index (χ4v) is 5.00. The molecule has 0 saturated heterocycles. The van der Waals surface area contributed by atoms with Crippen LogP contribution in [0.5, 0.6) is 0 Å². The summed E-state index contributed by atoms with van der Waals surface area (Å²) in [6, 6.07) is 13.1. The third kappa shape index (κ3) is 12.1. The van der Waals surface area contributed by atoms with E-state index >= 15 is 0 Å². The van der Waals surface area contributed by atoms with Gasteiger partial charge in [0.05, 0.1) is 18.6 Å². The third-order valence-electron chi connectivity index (χ3n) is 8.14. The molecule has 2 aromatic rings. The van der Waals surface area contributed by atoms with E-state index in [4.69, 9.17) is 0 Å². The van der Waals surface area contributed by atoms with E-state index in [9.17, 15) is 39.3 Å². The first-order valence-corrected chi connectivity index (χ1v) is 16.0. The molecule has 0 aromatic heterocycles. The Morgan fingerprint density at radius 2 is 1.17 bits per heavy atom. The average Bonchev–Trinajstić information content (AvgIpc) is 3.03. The van der Waals surface area contributed by atoms with Crippen LogP contribution in [-0.2, 0) is 30.4 Å². The van der Waals surface area contributed by atoms with Gasteiger partial charge in [0.25, 0.3) is 5.91 Å². The van der Waals surface area contributed by atoms with E-state index in [-0.39, 0.29) is 12.3 Å². The Balaban J connectivity index is 2.23. The van der Waals surface area contributed by atoms with Crippen LogP contribution >= 0.6 is 0 Å². The van der Waals surface area contributed by atoms with Crippen molar-refractivity contribution in [1.29, 1.82) is 0 Å². The molecule has 0 radical (unpaired) electrons. The Morgan fingerprint density at radius 1 is 0.660 bits per heavy atom. The van der Waals surface area contributed by atoms with Crippen LogP contribution in [0.25, 0.3) is 0 Å². The molecule has 2 aromatic carbocycles. The summed E-state index contributed by atoms with van der Waals surface area (Å²) in [4.78, 5) is 64.4. The van der Waals surface area contributed by atoms with E-state index < -0.39 is 84.2 Å². The summed E-state index contributed by atoms with van der Waals surface area (Å²) in [5, 5.41) is 41.9. The van der Waals surface area contributed by atoms with E-state index in [2.05, 4.69) is 21.3 Å². The van der Waals surface area contributed by atoms with Crippen molar-refractivity contribution in [1.82, 2.24) is 21.3 Å². The zero-order chi connectivity index (χ0) is 35.3. The monoisotopic (exact) mass is 654 g/mol. The number of carboxylic acid groups (broad SMARTS) is 1. The molecule has 7 atom stereocenters. The molecule has 12 heteroatoms. The van der Waals surface area contributed by atoms with Crippen molar-refractivity contribution < 1.29 is 39.3 Å². The van der Waals surface area contributed by atoms with E-state index in [1.54, 1.807) is 89.2 Å². The van der Waals surface area contributed by atoms with E-state index in [1.807, 2.05) is 13.0 Å². The number of amides is 4. The lowest BCUT2D eigenvalue weighted by molar-refractivity contribution is -0.143. The fraction of sp³-hybridized carbons (Fsp3) is 0.514. The van der Waals surface area contributed by atoms with Crippen LogP contribution in [0.3, 0.4) is 0 Å². The molecule has 4 amide bonds. The quantitative estimate of drug-likeness (QED) is 0.127. The highest BCUT2D eigenvalue weighted by molar-refractivity contribution is 5.91. The number of carbonyl (C=O) groups excluding carboxylic acids is 4. The summed E-state index contributed by atoms with van der Waals surface area (Å²) in [7, 11) is 0. The summed E-state index contributed by atoms with van der Waals surface area (Å²) in [6.07, 6.45) is -2.72. The molecule has 258 valence electrons. The third-order valence-corrected chi connectivity index (χ3v) is 8.14. The maximum atomic E-state index is 13.6. The van der Waals surface area contributed by atoms with Crippen LogP contribution in [0.1, 0.15) is 71.6 Å². The molecule has 0 bridgehead atoms. The van der Waals surface area contributed by atoms with Crippen molar-refractivity contribution in [2.45, 2.75) is 97.2 Å². The second-order valence-electron chi connectivity index (χ2n) is 12.6. The van der Waals surface area contributed by atoms with Gasteiger partial charge in [-0.1, -0.05) is 109 Å².